The van der Waals surface area contributed by atoms with Crippen LogP contribution in [0.2, 0.25) is 0 Å². The Morgan fingerprint density at radius 1 is 1.22 bits per heavy atom. The summed E-state index contributed by atoms with van der Waals surface area (Å²) in [5.41, 5.74) is 1.85. The van der Waals surface area contributed by atoms with Crippen LogP contribution in [0.5, 0.6) is 5.75 Å². The van der Waals surface area contributed by atoms with Gasteiger partial charge in [-0.3, -0.25) is 4.79 Å². The number of aryl methyl sites for hydroxylation is 1. The van der Waals surface area contributed by atoms with Gasteiger partial charge in [0.05, 0.1) is 24.8 Å². The number of anilines is 1. The predicted molar refractivity (Wildman–Crippen MR) is 107 cm³/mol. The number of amides is 1. The molecule has 3 rings (SSSR count). The summed E-state index contributed by atoms with van der Waals surface area (Å²) in [6, 6.07) is 5.22. The van der Waals surface area contributed by atoms with E-state index >= 15 is 0 Å². The van der Waals surface area contributed by atoms with Crippen LogP contribution in [0.1, 0.15) is 37.6 Å². The molecule has 0 bridgehead atoms. The maximum absolute atomic E-state index is 12.9. The van der Waals surface area contributed by atoms with Crippen molar-refractivity contribution in [2.75, 3.05) is 32.8 Å². The molecule has 1 amide bonds. The Kier molecular flexibility index (Phi) is 6.51. The molecule has 0 unspecified atom stereocenters. The zero-order valence-corrected chi connectivity index (χ0v) is 17.5. The fourth-order valence-corrected chi connectivity index (χ4v) is 4.65. The van der Waals surface area contributed by atoms with Gasteiger partial charge < -0.3 is 19.5 Å². The van der Waals surface area contributed by atoms with E-state index in [1.807, 2.05) is 0 Å². The Bertz CT molecular complexity index is 864. The molecule has 6 nitrogen and oxygen atoms in total. The summed E-state index contributed by atoms with van der Waals surface area (Å²) in [6.07, 6.45) is 2.76. The minimum Gasteiger partial charge on any atom is -0.490 e. The maximum atomic E-state index is 12.9. The van der Waals surface area contributed by atoms with Gasteiger partial charge in [0.1, 0.15) is 17.4 Å². The highest BCUT2D eigenvalue weighted by Gasteiger charge is 2.28. The first kappa shape index (κ1) is 19.9. The number of nitrogens with one attached hydrogen (secondary N) is 1. The lowest BCUT2D eigenvalue weighted by molar-refractivity contribution is 0.0601. The Morgan fingerprint density at radius 2 is 2.04 bits per heavy atom. The number of rotatable bonds is 7. The summed E-state index contributed by atoms with van der Waals surface area (Å²) in [6.45, 7) is 0.750. The largest absolute Gasteiger partial charge is 0.490 e. The van der Waals surface area contributed by atoms with Gasteiger partial charge in [-0.2, -0.15) is 0 Å². The molecule has 1 aliphatic carbocycles. The average Bonchev–Trinajstić information content (AvgIpc) is 3.23. The summed E-state index contributed by atoms with van der Waals surface area (Å²) < 4.78 is 16.3. The molecule has 144 valence electrons. The number of halogens is 1. The van der Waals surface area contributed by atoms with Crippen molar-refractivity contribution < 1.29 is 23.8 Å². The molecule has 0 saturated heterocycles. The topological polar surface area (TPSA) is 73.9 Å². The molecule has 0 aliphatic heterocycles. The Balaban J connectivity index is 1.88. The SMILES string of the molecule is COCCOc1ccc(Br)cc1C(=O)Nc1sc2c(c1C(=O)OC)CCC2. The molecule has 1 N–H and O–H groups in total. The summed E-state index contributed by atoms with van der Waals surface area (Å²) in [5.74, 6) is -0.305. The monoisotopic (exact) mass is 453 g/mol. The lowest BCUT2D eigenvalue weighted by Crippen LogP contribution is -2.16. The number of benzene rings is 1. The van der Waals surface area contributed by atoms with Crippen LogP contribution in [0.3, 0.4) is 0 Å². The van der Waals surface area contributed by atoms with Crippen LogP contribution in [0, 0.1) is 0 Å². The van der Waals surface area contributed by atoms with Crippen LogP contribution in [-0.4, -0.2) is 39.3 Å². The third kappa shape index (κ3) is 4.34. The van der Waals surface area contributed by atoms with Crippen molar-refractivity contribution in [2.45, 2.75) is 19.3 Å². The van der Waals surface area contributed by atoms with Gasteiger partial charge in [0, 0.05) is 16.5 Å². The molecular weight excluding hydrogens is 434 g/mol. The molecule has 2 aromatic rings. The number of methoxy groups -OCH3 is 2. The Morgan fingerprint density at radius 3 is 2.78 bits per heavy atom. The minimum absolute atomic E-state index is 0.332. The van der Waals surface area contributed by atoms with E-state index in [1.54, 1.807) is 25.3 Å². The van der Waals surface area contributed by atoms with Crippen LogP contribution in [0.25, 0.3) is 0 Å². The normalized spacial score (nSPS) is 12.6. The van der Waals surface area contributed by atoms with Crippen LogP contribution in [0.4, 0.5) is 5.00 Å². The van der Waals surface area contributed by atoms with Crippen molar-refractivity contribution in [3.8, 4) is 5.75 Å². The van der Waals surface area contributed by atoms with E-state index in [9.17, 15) is 9.59 Å². The number of fused-ring (bicyclic) bond motifs is 1. The number of hydrogen-bond acceptors (Lipinski definition) is 6. The zero-order valence-electron chi connectivity index (χ0n) is 15.1. The Hall–Kier alpha value is -1.90. The molecule has 1 aromatic carbocycles. The first-order valence-electron chi connectivity index (χ1n) is 8.50. The second-order valence-electron chi connectivity index (χ2n) is 5.99. The lowest BCUT2D eigenvalue weighted by Gasteiger charge is -2.12. The number of hydrogen-bond donors (Lipinski definition) is 1. The molecule has 0 spiro atoms. The molecule has 0 atom stereocenters. The molecule has 8 heteroatoms. The third-order valence-electron chi connectivity index (χ3n) is 4.27. The predicted octanol–water partition coefficient (Wildman–Crippen LogP) is 4.06. The summed E-state index contributed by atoms with van der Waals surface area (Å²) in [5, 5.41) is 3.40. The third-order valence-corrected chi connectivity index (χ3v) is 5.97. The first-order valence-corrected chi connectivity index (χ1v) is 10.1. The number of carbonyl (C=O) groups is 2. The van der Waals surface area contributed by atoms with Crippen molar-refractivity contribution in [2.24, 2.45) is 0 Å². The highest BCUT2D eigenvalue weighted by molar-refractivity contribution is 9.10. The highest BCUT2D eigenvalue weighted by atomic mass is 79.9. The van der Waals surface area contributed by atoms with Crippen LogP contribution < -0.4 is 10.1 Å². The lowest BCUT2D eigenvalue weighted by atomic mass is 10.1. The van der Waals surface area contributed by atoms with Crippen molar-refractivity contribution in [3.63, 3.8) is 0 Å². The van der Waals surface area contributed by atoms with Gasteiger partial charge in [-0.05, 0) is 43.0 Å². The molecule has 0 radical (unpaired) electrons. The molecule has 1 aromatic heterocycles. The fourth-order valence-electron chi connectivity index (χ4n) is 3.02. The smallest absolute Gasteiger partial charge is 0.341 e. The van der Waals surface area contributed by atoms with E-state index in [1.165, 1.54) is 18.4 Å². The molecule has 0 fully saturated rings. The van der Waals surface area contributed by atoms with Crippen molar-refractivity contribution in [1.82, 2.24) is 0 Å². The Labute approximate surface area is 169 Å². The highest BCUT2D eigenvalue weighted by Crippen LogP contribution is 2.40. The second kappa shape index (κ2) is 8.86. The quantitative estimate of drug-likeness (QED) is 0.505. The number of thiophene rings is 1. The molecule has 1 heterocycles. The second-order valence-corrected chi connectivity index (χ2v) is 8.01. The zero-order chi connectivity index (χ0) is 19.4. The molecular formula is C19H20BrNO5S. The van der Waals surface area contributed by atoms with Crippen LogP contribution in [0.15, 0.2) is 22.7 Å². The average molecular weight is 454 g/mol. The number of carbonyl (C=O) groups excluding carboxylic acids is 2. The van der Waals surface area contributed by atoms with Crippen molar-refractivity contribution >= 4 is 44.1 Å². The van der Waals surface area contributed by atoms with Crippen LogP contribution >= 0.6 is 27.3 Å². The standard InChI is InChI=1S/C19H20BrNO5S/c1-24-8-9-26-14-7-6-11(20)10-13(14)17(22)21-18-16(19(23)25-2)12-4-3-5-15(12)27-18/h6-7,10H,3-5,8-9H2,1-2H3,(H,21,22). The maximum Gasteiger partial charge on any atom is 0.341 e. The number of esters is 1. The molecule has 27 heavy (non-hydrogen) atoms. The molecule has 0 saturated carbocycles. The minimum atomic E-state index is -0.421. The summed E-state index contributed by atoms with van der Waals surface area (Å²) in [7, 11) is 2.94. The van der Waals surface area contributed by atoms with Crippen LogP contribution in [-0.2, 0) is 22.3 Å². The van der Waals surface area contributed by atoms with E-state index in [0.717, 1.165) is 34.2 Å². The van der Waals surface area contributed by atoms with Gasteiger partial charge in [-0.1, -0.05) is 15.9 Å². The van der Waals surface area contributed by atoms with Gasteiger partial charge in [0.15, 0.2) is 0 Å². The van der Waals surface area contributed by atoms with E-state index in [2.05, 4.69) is 21.2 Å². The summed E-state index contributed by atoms with van der Waals surface area (Å²) >= 11 is 4.83. The van der Waals surface area contributed by atoms with Crippen molar-refractivity contribution in [3.05, 3.63) is 44.2 Å². The first-order chi connectivity index (χ1) is 13.0. The molecule has 1 aliphatic rings. The fraction of sp³-hybridized carbons (Fsp3) is 0.368. The van der Waals surface area contributed by atoms with E-state index in [4.69, 9.17) is 14.2 Å². The van der Waals surface area contributed by atoms with E-state index in [0.29, 0.717) is 35.1 Å². The van der Waals surface area contributed by atoms with Crippen molar-refractivity contribution in [1.29, 1.82) is 0 Å². The number of ether oxygens (including phenoxy) is 3. The van der Waals surface area contributed by atoms with Gasteiger partial charge in [0.2, 0.25) is 0 Å². The van der Waals surface area contributed by atoms with E-state index < -0.39 is 5.97 Å². The van der Waals surface area contributed by atoms with E-state index in [-0.39, 0.29) is 5.91 Å². The van der Waals surface area contributed by atoms with Gasteiger partial charge in [0.25, 0.3) is 5.91 Å². The van der Waals surface area contributed by atoms with Gasteiger partial charge in [-0.25, -0.2) is 4.79 Å². The summed E-state index contributed by atoms with van der Waals surface area (Å²) in [4.78, 5) is 26.3. The van der Waals surface area contributed by atoms with Gasteiger partial charge >= 0.3 is 5.97 Å². The van der Waals surface area contributed by atoms with Gasteiger partial charge in [-0.15, -0.1) is 11.3 Å².